The number of nitrogens with zero attached hydrogens (tertiary/aromatic N) is 2. The molecule has 0 aliphatic rings. The number of aryl methyl sites for hydroxylation is 2. The van der Waals surface area contributed by atoms with Crippen LogP contribution in [0.1, 0.15) is 18.2 Å². The lowest BCUT2D eigenvalue weighted by molar-refractivity contribution is 0.199. The third-order valence-corrected chi connectivity index (χ3v) is 3.39. The Balaban J connectivity index is 2.33. The van der Waals surface area contributed by atoms with Crippen molar-refractivity contribution in [2.75, 3.05) is 31.8 Å². The van der Waals surface area contributed by atoms with E-state index in [9.17, 15) is 0 Å². The van der Waals surface area contributed by atoms with Gasteiger partial charge in [0.15, 0.2) is 0 Å². The third kappa shape index (κ3) is 5.57. The fourth-order valence-corrected chi connectivity index (χ4v) is 2.15. The Hall–Kier alpha value is -0.520. The Kier molecular flexibility index (Phi) is 7.32. The van der Waals surface area contributed by atoms with Crippen LogP contribution in [0.3, 0.4) is 0 Å². The Morgan fingerprint density at radius 2 is 2.35 bits per heavy atom. The van der Waals surface area contributed by atoms with Crippen molar-refractivity contribution in [2.24, 2.45) is 0 Å². The number of methoxy groups -OCH3 is 1. The van der Waals surface area contributed by atoms with E-state index in [1.165, 1.54) is 11.3 Å². The quantitative estimate of drug-likeness (QED) is 0.683. The predicted molar refractivity (Wildman–Crippen MR) is 73.5 cm³/mol. The molecule has 98 valence electrons. The molecule has 0 amide bonds. The van der Waals surface area contributed by atoms with Gasteiger partial charge in [-0.15, -0.1) is 0 Å². The number of hydrogen-bond donors (Lipinski definition) is 1. The highest BCUT2D eigenvalue weighted by Crippen LogP contribution is 2.07. The molecular weight excluding hydrogens is 234 g/mol. The number of ether oxygens (including phenoxy) is 1. The molecule has 1 heterocycles. The van der Waals surface area contributed by atoms with E-state index in [1.54, 1.807) is 7.11 Å². The van der Waals surface area contributed by atoms with Gasteiger partial charge in [-0.1, -0.05) is 6.92 Å². The first-order valence-corrected chi connectivity index (χ1v) is 7.23. The first kappa shape index (κ1) is 14.5. The lowest BCUT2D eigenvalue weighted by Gasteiger charge is -2.02. The largest absolute Gasteiger partial charge is 0.383 e. The van der Waals surface area contributed by atoms with E-state index in [2.05, 4.69) is 30.5 Å². The number of nitrogens with one attached hydrogen (secondary N) is 1. The maximum Gasteiger partial charge on any atom is 0.0638 e. The van der Waals surface area contributed by atoms with Crippen LogP contribution in [0.25, 0.3) is 0 Å². The van der Waals surface area contributed by atoms with Crippen LogP contribution in [-0.4, -0.2) is 41.5 Å². The summed E-state index contributed by atoms with van der Waals surface area (Å²) in [5.74, 6) is 2.31. The molecule has 0 atom stereocenters. The summed E-state index contributed by atoms with van der Waals surface area (Å²) in [4.78, 5) is 0. The molecular formula is C12H23N3OS. The minimum atomic E-state index is 0.750. The SMILES string of the molecule is CCSCCn1cc(CNCCOC)c(C)n1. The summed E-state index contributed by atoms with van der Waals surface area (Å²) in [6, 6.07) is 0. The second-order valence-electron chi connectivity index (χ2n) is 3.87. The van der Waals surface area contributed by atoms with Crippen LogP contribution in [-0.2, 0) is 17.8 Å². The van der Waals surface area contributed by atoms with Crippen molar-refractivity contribution in [3.8, 4) is 0 Å². The summed E-state index contributed by atoms with van der Waals surface area (Å²) >= 11 is 1.95. The molecule has 5 heteroatoms. The van der Waals surface area contributed by atoms with Gasteiger partial charge >= 0.3 is 0 Å². The molecule has 1 aromatic rings. The molecule has 0 aromatic carbocycles. The predicted octanol–water partition coefficient (Wildman–Crippen LogP) is 1.68. The van der Waals surface area contributed by atoms with E-state index < -0.39 is 0 Å². The minimum Gasteiger partial charge on any atom is -0.383 e. The van der Waals surface area contributed by atoms with Crippen molar-refractivity contribution in [1.29, 1.82) is 0 Å². The van der Waals surface area contributed by atoms with Gasteiger partial charge in [0.25, 0.3) is 0 Å². The zero-order chi connectivity index (χ0) is 12.5. The van der Waals surface area contributed by atoms with Gasteiger partial charge in [-0.25, -0.2) is 0 Å². The summed E-state index contributed by atoms with van der Waals surface area (Å²) in [6.45, 7) is 7.75. The first-order valence-electron chi connectivity index (χ1n) is 6.08. The van der Waals surface area contributed by atoms with Crippen LogP contribution >= 0.6 is 11.8 Å². The maximum atomic E-state index is 4.99. The number of thioether (sulfide) groups is 1. The third-order valence-electron chi connectivity index (χ3n) is 2.52. The Morgan fingerprint density at radius 3 is 3.06 bits per heavy atom. The molecule has 0 bridgehead atoms. The monoisotopic (exact) mass is 257 g/mol. The average Bonchev–Trinajstić information content (AvgIpc) is 2.66. The zero-order valence-electron chi connectivity index (χ0n) is 11.0. The summed E-state index contributed by atoms with van der Waals surface area (Å²) in [5.41, 5.74) is 2.40. The minimum absolute atomic E-state index is 0.750. The standard InChI is InChI=1S/C12H23N3OS/c1-4-17-8-6-15-10-12(11(2)14-15)9-13-5-7-16-3/h10,13H,4-9H2,1-3H3. The molecule has 0 fully saturated rings. The van der Waals surface area contributed by atoms with Crippen molar-refractivity contribution in [2.45, 2.75) is 26.9 Å². The first-order chi connectivity index (χ1) is 8.27. The van der Waals surface area contributed by atoms with Crippen LogP contribution in [0.2, 0.25) is 0 Å². The summed E-state index contributed by atoms with van der Waals surface area (Å²) in [6.07, 6.45) is 2.14. The number of aromatic nitrogens is 2. The van der Waals surface area contributed by atoms with Gasteiger partial charge in [0.1, 0.15) is 0 Å². The molecule has 0 saturated heterocycles. The highest BCUT2D eigenvalue weighted by molar-refractivity contribution is 7.99. The Labute approximate surface area is 108 Å². The summed E-state index contributed by atoms with van der Waals surface area (Å²) < 4.78 is 7.04. The van der Waals surface area contributed by atoms with Gasteiger partial charge in [-0.2, -0.15) is 16.9 Å². The van der Waals surface area contributed by atoms with E-state index >= 15 is 0 Å². The molecule has 0 spiro atoms. The second-order valence-corrected chi connectivity index (χ2v) is 5.26. The van der Waals surface area contributed by atoms with Gasteiger partial charge in [0.2, 0.25) is 0 Å². The van der Waals surface area contributed by atoms with Crippen LogP contribution < -0.4 is 5.32 Å². The Morgan fingerprint density at radius 1 is 1.53 bits per heavy atom. The van der Waals surface area contributed by atoms with Crippen molar-refractivity contribution in [1.82, 2.24) is 15.1 Å². The topological polar surface area (TPSA) is 39.1 Å². The molecule has 1 aromatic heterocycles. The second kappa shape index (κ2) is 8.55. The van der Waals surface area contributed by atoms with Gasteiger partial charge in [-0.3, -0.25) is 4.68 Å². The fourth-order valence-electron chi connectivity index (χ4n) is 1.55. The molecule has 1 N–H and O–H groups in total. The van der Waals surface area contributed by atoms with Crippen LogP contribution in [0.4, 0.5) is 0 Å². The highest BCUT2D eigenvalue weighted by Gasteiger charge is 2.03. The van der Waals surface area contributed by atoms with Crippen molar-refractivity contribution < 1.29 is 4.74 Å². The molecule has 0 aliphatic carbocycles. The summed E-state index contributed by atoms with van der Waals surface area (Å²) in [5, 5.41) is 7.85. The van der Waals surface area contributed by atoms with Gasteiger partial charge in [0, 0.05) is 44.3 Å². The molecule has 0 aliphatic heterocycles. The molecule has 0 saturated carbocycles. The molecule has 0 unspecified atom stereocenters. The van der Waals surface area contributed by atoms with E-state index in [-0.39, 0.29) is 0 Å². The van der Waals surface area contributed by atoms with Gasteiger partial charge in [-0.05, 0) is 12.7 Å². The molecule has 0 radical (unpaired) electrons. The van der Waals surface area contributed by atoms with Crippen molar-refractivity contribution in [3.63, 3.8) is 0 Å². The van der Waals surface area contributed by atoms with E-state index in [4.69, 9.17) is 4.74 Å². The van der Waals surface area contributed by atoms with E-state index in [0.29, 0.717) is 0 Å². The zero-order valence-corrected chi connectivity index (χ0v) is 11.8. The van der Waals surface area contributed by atoms with Crippen LogP contribution in [0.15, 0.2) is 6.20 Å². The fraction of sp³-hybridized carbons (Fsp3) is 0.750. The molecule has 17 heavy (non-hydrogen) atoms. The van der Waals surface area contributed by atoms with Gasteiger partial charge in [0.05, 0.1) is 12.3 Å². The Bertz CT molecular complexity index is 315. The van der Waals surface area contributed by atoms with E-state index in [0.717, 1.165) is 37.7 Å². The normalized spacial score (nSPS) is 11.0. The highest BCUT2D eigenvalue weighted by atomic mass is 32.2. The maximum absolute atomic E-state index is 4.99. The molecule has 4 nitrogen and oxygen atoms in total. The van der Waals surface area contributed by atoms with Crippen LogP contribution in [0.5, 0.6) is 0 Å². The van der Waals surface area contributed by atoms with E-state index in [1.807, 2.05) is 16.4 Å². The number of hydrogen-bond acceptors (Lipinski definition) is 4. The number of rotatable bonds is 9. The van der Waals surface area contributed by atoms with Crippen LogP contribution in [0, 0.1) is 6.92 Å². The lowest BCUT2D eigenvalue weighted by Crippen LogP contribution is -2.18. The smallest absolute Gasteiger partial charge is 0.0638 e. The average molecular weight is 257 g/mol. The summed E-state index contributed by atoms with van der Waals surface area (Å²) in [7, 11) is 1.72. The lowest BCUT2D eigenvalue weighted by atomic mass is 10.2. The van der Waals surface area contributed by atoms with Crippen molar-refractivity contribution >= 4 is 11.8 Å². The van der Waals surface area contributed by atoms with Gasteiger partial charge < -0.3 is 10.1 Å². The molecule has 1 rings (SSSR count). The van der Waals surface area contributed by atoms with Crippen molar-refractivity contribution in [3.05, 3.63) is 17.5 Å².